The van der Waals surface area contributed by atoms with E-state index in [4.69, 9.17) is 9.57 Å². The third-order valence-electron chi connectivity index (χ3n) is 5.73. The van der Waals surface area contributed by atoms with Crippen molar-refractivity contribution in [1.82, 2.24) is 10.2 Å². The van der Waals surface area contributed by atoms with Crippen molar-refractivity contribution in [2.45, 2.75) is 39.2 Å². The van der Waals surface area contributed by atoms with Crippen LogP contribution in [0.1, 0.15) is 66.6 Å². The number of rotatable bonds is 5. The molecule has 0 spiro atoms. The van der Waals surface area contributed by atoms with E-state index < -0.39 is 0 Å². The summed E-state index contributed by atoms with van der Waals surface area (Å²) in [6, 6.07) is 15.2. The predicted molar refractivity (Wildman–Crippen MR) is 125 cm³/mol. The summed E-state index contributed by atoms with van der Waals surface area (Å²) >= 11 is 0. The van der Waals surface area contributed by atoms with Crippen molar-refractivity contribution in [2.75, 3.05) is 19.1 Å². The number of nitrogens with one attached hydrogen (secondary N) is 1. The molecule has 2 aromatic carbocycles. The first-order valence-corrected chi connectivity index (χ1v) is 10.5. The molecular formula is C25H28N4O3. The highest BCUT2D eigenvalue weighted by Crippen LogP contribution is 2.47. The van der Waals surface area contributed by atoms with Crippen LogP contribution >= 0.6 is 0 Å². The third-order valence-corrected chi connectivity index (χ3v) is 5.73. The summed E-state index contributed by atoms with van der Waals surface area (Å²) in [4.78, 5) is 20.3. The molecule has 1 aromatic heterocycles. The van der Waals surface area contributed by atoms with Crippen LogP contribution in [-0.4, -0.2) is 36.0 Å². The first-order chi connectivity index (χ1) is 15.3. The molecule has 4 rings (SSSR count). The first kappa shape index (κ1) is 21.6. The highest BCUT2D eigenvalue weighted by atomic mass is 16.6. The standard InChI is InChI=1S/C25H28N4O3/c1-15(28-32-6)16-11-13-17(14-12-16)29-22(18-9-7-8-10-19(18)31-5)20-21(24(29)30)26-27-23(20)25(2,3)4/h7-14,22H,1-6H3,(H,26,27)/b28-15-. The van der Waals surface area contributed by atoms with Gasteiger partial charge in [-0.05, 0) is 30.7 Å². The number of methoxy groups -OCH3 is 1. The zero-order valence-electron chi connectivity index (χ0n) is 19.3. The van der Waals surface area contributed by atoms with Crippen LogP contribution in [0.3, 0.4) is 0 Å². The maximum atomic E-state index is 13.6. The van der Waals surface area contributed by atoms with Gasteiger partial charge in [0.2, 0.25) is 0 Å². The SMILES string of the molecule is CO/N=C(/C)c1ccc(N2C(=O)c3n[nH]c(C(C)(C)C)c3C2c2ccccc2OC)cc1. The molecule has 32 heavy (non-hydrogen) atoms. The van der Waals surface area contributed by atoms with Crippen molar-refractivity contribution in [3.05, 3.63) is 76.6 Å². The minimum absolute atomic E-state index is 0.141. The number of aromatic amines is 1. The summed E-state index contributed by atoms with van der Waals surface area (Å²) in [6.07, 6.45) is 0. The number of hydrogen-bond acceptors (Lipinski definition) is 5. The van der Waals surface area contributed by atoms with E-state index in [9.17, 15) is 4.79 Å². The second kappa shape index (κ2) is 8.15. The molecule has 0 aliphatic carbocycles. The van der Waals surface area contributed by atoms with Gasteiger partial charge in [0.25, 0.3) is 5.91 Å². The maximum absolute atomic E-state index is 13.6. The lowest BCUT2D eigenvalue weighted by Crippen LogP contribution is -2.30. The van der Waals surface area contributed by atoms with Crippen molar-refractivity contribution < 1.29 is 14.4 Å². The van der Waals surface area contributed by atoms with E-state index in [1.165, 1.54) is 7.11 Å². The lowest BCUT2D eigenvalue weighted by Gasteiger charge is -2.29. The fraction of sp³-hybridized carbons (Fsp3) is 0.320. The molecule has 0 radical (unpaired) electrons. The van der Waals surface area contributed by atoms with Crippen LogP contribution in [0.15, 0.2) is 53.7 Å². The molecule has 1 atom stereocenters. The number of nitrogens with zero attached hydrogens (tertiary/aromatic N) is 3. The smallest absolute Gasteiger partial charge is 0.280 e. The lowest BCUT2D eigenvalue weighted by atomic mass is 9.85. The van der Waals surface area contributed by atoms with Gasteiger partial charge in [0.15, 0.2) is 5.69 Å². The molecule has 1 aliphatic rings. The normalized spacial score (nSPS) is 16.3. The van der Waals surface area contributed by atoms with E-state index in [1.54, 1.807) is 12.0 Å². The van der Waals surface area contributed by atoms with Crippen molar-refractivity contribution >= 4 is 17.3 Å². The van der Waals surface area contributed by atoms with Crippen LogP contribution in [0.4, 0.5) is 5.69 Å². The van der Waals surface area contributed by atoms with Crippen molar-refractivity contribution in [2.24, 2.45) is 5.16 Å². The van der Waals surface area contributed by atoms with Gasteiger partial charge < -0.3 is 9.57 Å². The molecule has 0 saturated heterocycles. The molecule has 0 bridgehead atoms. The minimum Gasteiger partial charge on any atom is -0.496 e. The van der Waals surface area contributed by atoms with Gasteiger partial charge >= 0.3 is 0 Å². The maximum Gasteiger partial charge on any atom is 0.280 e. The monoisotopic (exact) mass is 432 g/mol. The molecule has 3 aromatic rings. The number of amides is 1. The Morgan fingerprint density at radius 2 is 1.78 bits per heavy atom. The quantitative estimate of drug-likeness (QED) is 0.462. The number of aromatic nitrogens is 2. The van der Waals surface area contributed by atoms with E-state index in [1.807, 2.05) is 55.5 Å². The number of para-hydroxylation sites is 1. The Morgan fingerprint density at radius 1 is 1.09 bits per heavy atom. The Labute approximate surface area is 188 Å². The van der Waals surface area contributed by atoms with Crippen molar-refractivity contribution in [3.8, 4) is 5.75 Å². The summed E-state index contributed by atoms with van der Waals surface area (Å²) in [5, 5.41) is 11.5. The lowest BCUT2D eigenvalue weighted by molar-refractivity contribution is 0.0988. The van der Waals surface area contributed by atoms with Gasteiger partial charge in [-0.15, -0.1) is 0 Å². The van der Waals surface area contributed by atoms with E-state index in [2.05, 4.69) is 36.1 Å². The van der Waals surface area contributed by atoms with Gasteiger partial charge in [-0.3, -0.25) is 14.8 Å². The molecule has 166 valence electrons. The molecule has 1 aliphatic heterocycles. The van der Waals surface area contributed by atoms with Gasteiger partial charge in [-0.25, -0.2) is 0 Å². The van der Waals surface area contributed by atoms with Gasteiger partial charge in [-0.1, -0.05) is 56.3 Å². The zero-order valence-corrected chi connectivity index (χ0v) is 19.3. The Morgan fingerprint density at radius 3 is 2.41 bits per heavy atom. The van der Waals surface area contributed by atoms with Gasteiger partial charge in [0.05, 0.1) is 18.9 Å². The summed E-state index contributed by atoms with van der Waals surface area (Å²) < 4.78 is 5.67. The summed E-state index contributed by atoms with van der Waals surface area (Å²) in [5.74, 6) is 0.585. The second-order valence-electron chi connectivity index (χ2n) is 8.84. The summed E-state index contributed by atoms with van der Waals surface area (Å²) in [5.41, 5.74) is 5.45. The highest BCUT2D eigenvalue weighted by molar-refractivity contribution is 6.11. The number of fused-ring (bicyclic) bond motifs is 1. The predicted octanol–water partition coefficient (Wildman–Crippen LogP) is 4.84. The number of anilines is 1. The fourth-order valence-electron chi connectivity index (χ4n) is 4.22. The molecular weight excluding hydrogens is 404 g/mol. The van der Waals surface area contributed by atoms with Crippen LogP contribution in [0.25, 0.3) is 0 Å². The largest absolute Gasteiger partial charge is 0.496 e. The molecule has 7 nitrogen and oxygen atoms in total. The molecule has 2 heterocycles. The summed E-state index contributed by atoms with van der Waals surface area (Å²) in [7, 11) is 3.17. The number of carbonyl (C=O) groups excluding carboxylic acids is 1. The number of benzene rings is 2. The minimum atomic E-state index is -0.360. The highest BCUT2D eigenvalue weighted by Gasteiger charge is 2.45. The van der Waals surface area contributed by atoms with Crippen LogP contribution in [-0.2, 0) is 10.3 Å². The van der Waals surface area contributed by atoms with Gasteiger partial charge in [0.1, 0.15) is 12.9 Å². The first-order valence-electron chi connectivity index (χ1n) is 10.5. The Balaban J connectivity index is 1.89. The molecule has 0 fully saturated rings. The van der Waals surface area contributed by atoms with E-state index >= 15 is 0 Å². The number of oxime groups is 1. The number of hydrogen-bond donors (Lipinski definition) is 1. The number of ether oxygens (including phenoxy) is 1. The van der Waals surface area contributed by atoms with E-state index in [0.717, 1.165) is 39.5 Å². The number of H-pyrrole nitrogens is 1. The molecule has 1 unspecified atom stereocenters. The fourth-order valence-corrected chi connectivity index (χ4v) is 4.22. The number of carbonyl (C=O) groups is 1. The molecule has 0 saturated carbocycles. The van der Waals surface area contributed by atoms with Crippen LogP contribution in [0, 0.1) is 0 Å². The second-order valence-corrected chi connectivity index (χ2v) is 8.84. The Bertz CT molecular complexity index is 1170. The van der Waals surface area contributed by atoms with Gasteiger partial charge in [-0.2, -0.15) is 5.10 Å². The van der Waals surface area contributed by atoms with Crippen LogP contribution in [0.5, 0.6) is 5.75 Å². The average molecular weight is 433 g/mol. The summed E-state index contributed by atoms with van der Waals surface area (Å²) in [6.45, 7) is 8.21. The van der Waals surface area contributed by atoms with Crippen molar-refractivity contribution in [3.63, 3.8) is 0 Å². The topological polar surface area (TPSA) is 79.8 Å². The van der Waals surface area contributed by atoms with Gasteiger partial charge in [0, 0.05) is 27.9 Å². The van der Waals surface area contributed by atoms with Crippen LogP contribution in [0.2, 0.25) is 0 Å². The Hall–Kier alpha value is -3.61. The Kier molecular flexibility index (Phi) is 5.50. The molecule has 1 amide bonds. The average Bonchev–Trinajstić information content (AvgIpc) is 3.33. The van der Waals surface area contributed by atoms with Crippen molar-refractivity contribution in [1.29, 1.82) is 0 Å². The molecule has 1 N–H and O–H groups in total. The van der Waals surface area contributed by atoms with Crippen LogP contribution < -0.4 is 9.64 Å². The third kappa shape index (κ3) is 3.53. The van der Waals surface area contributed by atoms with E-state index in [0.29, 0.717) is 5.69 Å². The molecule has 7 heteroatoms. The van der Waals surface area contributed by atoms with E-state index in [-0.39, 0.29) is 17.4 Å². The zero-order chi connectivity index (χ0) is 23.0.